The molecule has 0 aliphatic heterocycles. The van der Waals surface area contributed by atoms with Gasteiger partial charge >= 0.3 is 19.8 Å². The fraction of sp³-hybridized carbons (Fsp3) is 0.891. The number of likely N-dealkylation sites (N-methyl/N-ethyl adjacent to an activating group) is 1. The van der Waals surface area contributed by atoms with Crippen LogP contribution in [0.4, 0.5) is 0 Å². The number of hydrogen-bond donors (Lipinski definition) is 1. The molecule has 340 valence electrons. The van der Waals surface area contributed by atoms with Crippen LogP contribution >= 0.6 is 7.82 Å². The standard InChI is InChI=1S/C46H88N3O8P/c1-7-8-9-10-11-12-13-15-18-21-24-27-30-33-44(50)54-40-46(3,42-57-58(52,53)56-39-38-49(4,5)6)41-55-45(51)34-31-28-25-22-19-16-14-17-20-23-26-29-32-36-48-37-35-47-43(48)2/h35,37H,7-34,36,38-42H2,1-6H3/p+1. The van der Waals surface area contributed by atoms with Crippen molar-refractivity contribution in [3.8, 4) is 0 Å². The number of aryl methyl sites for hydroxylation is 2. The summed E-state index contributed by atoms with van der Waals surface area (Å²) in [5.41, 5.74) is -1.01. The molecular formula is C46H89N3O8P+. The molecule has 1 aromatic heterocycles. The normalized spacial score (nSPS) is 14.0. The molecule has 0 aliphatic rings. The van der Waals surface area contributed by atoms with Crippen molar-refractivity contribution in [1.29, 1.82) is 0 Å². The predicted molar refractivity (Wildman–Crippen MR) is 237 cm³/mol. The van der Waals surface area contributed by atoms with Gasteiger partial charge in [0.15, 0.2) is 0 Å². The molecule has 0 saturated carbocycles. The fourth-order valence-electron chi connectivity index (χ4n) is 6.91. The summed E-state index contributed by atoms with van der Waals surface area (Å²) < 4.78 is 37.2. The van der Waals surface area contributed by atoms with Crippen molar-refractivity contribution in [3.05, 3.63) is 18.2 Å². The molecule has 1 heterocycles. The van der Waals surface area contributed by atoms with Crippen LogP contribution in [0.5, 0.6) is 0 Å². The van der Waals surface area contributed by atoms with Crippen molar-refractivity contribution in [3.63, 3.8) is 0 Å². The number of esters is 2. The van der Waals surface area contributed by atoms with Gasteiger partial charge in [0, 0.05) is 31.8 Å². The average molecular weight is 843 g/mol. The van der Waals surface area contributed by atoms with Gasteiger partial charge in [-0.15, -0.1) is 0 Å². The van der Waals surface area contributed by atoms with Gasteiger partial charge in [-0.1, -0.05) is 162 Å². The molecule has 0 bridgehead atoms. The summed E-state index contributed by atoms with van der Waals surface area (Å²) in [6.45, 7) is 7.23. The number of carbonyl (C=O) groups is 2. The van der Waals surface area contributed by atoms with Gasteiger partial charge in [-0.05, 0) is 26.2 Å². The van der Waals surface area contributed by atoms with Crippen LogP contribution in [0.1, 0.15) is 199 Å². The summed E-state index contributed by atoms with van der Waals surface area (Å²) in [5.74, 6) is 0.450. The number of rotatable bonds is 41. The Bertz CT molecular complexity index is 1210. The van der Waals surface area contributed by atoms with E-state index in [1.165, 1.54) is 128 Å². The molecule has 0 fully saturated rings. The highest BCUT2D eigenvalue weighted by Gasteiger charge is 2.34. The number of aromatic nitrogens is 2. The number of ether oxygens (including phenoxy) is 2. The molecule has 0 aliphatic carbocycles. The second kappa shape index (κ2) is 33.9. The van der Waals surface area contributed by atoms with Gasteiger partial charge in [-0.2, -0.15) is 0 Å². The molecule has 11 nitrogen and oxygen atoms in total. The zero-order valence-corrected chi connectivity index (χ0v) is 39.2. The highest BCUT2D eigenvalue weighted by Crippen LogP contribution is 2.44. The van der Waals surface area contributed by atoms with Crippen LogP contribution in [0.3, 0.4) is 0 Å². The molecule has 0 radical (unpaired) electrons. The Morgan fingerprint density at radius 1 is 0.655 bits per heavy atom. The molecule has 1 rings (SSSR count). The van der Waals surface area contributed by atoms with Crippen LogP contribution in [0.2, 0.25) is 0 Å². The van der Waals surface area contributed by atoms with Crippen LogP contribution in [0, 0.1) is 12.3 Å². The lowest BCUT2D eigenvalue weighted by Gasteiger charge is -2.29. The van der Waals surface area contributed by atoms with E-state index in [2.05, 4.69) is 29.6 Å². The fourth-order valence-corrected chi connectivity index (χ4v) is 7.77. The van der Waals surface area contributed by atoms with Crippen molar-refractivity contribution in [2.75, 3.05) is 54.1 Å². The van der Waals surface area contributed by atoms with Gasteiger partial charge in [-0.25, -0.2) is 9.55 Å². The average Bonchev–Trinajstić information content (AvgIpc) is 3.59. The van der Waals surface area contributed by atoms with Crippen molar-refractivity contribution in [2.45, 2.75) is 207 Å². The van der Waals surface area contributed by atoms with E-state index in [0.717, 1.165) is 50.9 Å². The lowest BCUT2D eigenvalue weighted by atomic mass is 9.94. The van der Waals surface area contributed by atoms with Gasteiger partial charge in [0.05, 0.1) is 33.2 Å². The lowest BCUT2D eigenvalue weighted by molar-refractivity contribution is -0.870. The van der Waals surface area contributed by atoms with Crippen LogP contribution in [-0.2, 0) is 39.2 Å². The third-order valence-corrected chi connectivity index (χ3v) is 11.9. The predicted octanol–water partition coefficient (Wildman–Crippen LogP) is 12.1. The smallest absolute Gasteiger partial charge is 0.465 e. The molecule has 0 spiro atoms. The number of phosphoric ester groups is 1. The van der Waals surface area contributed by atoms with E-state index >= 15 is 0 Å². The minimum Gasteiger partial charge on any atom is -0.465 e. The zero-order chi connectivity index (χ0) is 42.8. The van der Waals surface area contributed by atoms with Gasteiger partial charge in [0.1, 0.15) is 32.2 Å². The minimum atomic E-state index is -4.36. The summed E-state index contributed by atoms with van der Waals surface area (Å²) in [6.07, 6.45) is 36.2. The minimum absolute atomic E-state index is 0.0475. The zero-order valence-electron chi connectivity index (χ0n) is 38.3. The summed E-state index contributed by atoms with van der Waals surface area (Å²) in [4.78, 5) is 40.0. The Morgan fingerprint density at radius 3 is 1.43 bits per heavy atom. The van der Waals surface area contributed by atoms with Crippen molar-refractivity contribution in [1.82, 2.24) is 9.55 Å². The largest absolute Gasteiger partial charge is 0.472 e. The number of carbonyl (C=O) groups excluding carboxylic acids is 2. The molecule has 0 saturated heterocycles. The van der Waals surface area contributed by atoms with Gasteiger partial charge in [0.25, 0.3) is 0 Å². The van der Waals surface area contributed by atoms with E-state index in [-0.39, 0.29) is 38.4 Å². The summed E-state index contributed by atoms with van der Waals surface area (Å²) in [7, 11) is 1.52. The highest BCUT2D eigenvalue weighted by atomic mass is 31.2. The summed E-state index contributed by atoms with van der Waals surface area (Å²) in [6, 6.07) is 0. The molecular weight excluding hydrogens is 753 g/mol. The van der Waals surface area contributed by atoms with Crippen LogP contribution < -0.4 is 0 Å². The number of quaternary nitrogens is 1. The van der Waals surface area contributed by atoms with E-state index in [9.17, 15) is 19.0 Å². The van der Waals surface area contributed by atoms with Gasteiger partial charge in [-0.3, -0.25) is 18.6 Å². The van der Waals surface area contributed by atoms with E-state index in [4.69, 9.17) is 18.5 Å². The second-order valence-electron chi connectivity index (χ2n) is 18.2. The van der Waals surface area contributed by atoms with Crippen molar-refractivity contribution in [2.24, 2.45) is 5.41 Å². The van der Waals surface area contributed by atoms with Crippen molar-refractivity contribution >= 4 is 19.8 Å². The SMILES string of the molecule is CCCCCCCCCCCCCCCC(=O)OCC(C)(COC(=O)CCCCCCCCCCCCCCCn1ccnc1C)COP(=O)(O)OCC[N+](C)(C)C. The van der Waals surface area contributed by atoms with Gasteiger partial charge < -0.3 is 23.4 Å². The lowest BCUT2D eigenvalue weighted by Crippen LogP contribution is -2.37. The molecule has 2 atom stereocenters. The first kappa shape index (κ1) is 54.2. The summed E-state index contributed by atoms with van der Waals surface area (Å²) in [5, 5.41) is 0. The third kappa shape index (κ3) is 33.0. The maximum atomic E-state index is 12.7. The topological polar surface area (TPSA) is 126 Å². The molecule has 0 amide bonds. The van der Waals surface area contributed by atoms with Crippen LogP contribution in [0.25, 0.3) is 0 Å². The van der Waals surface area contributed by atoms with E-state index in [1.807, 2.05) is 27.3 Å². The quantitative estimate of drug-likeness (QED) is 0.0297. The Labute approximate surface area is 355 Å². The van der Waals surface area contributed by atoms with Gasteiger partial charge in [0.2, 0.25) is 0 Å². The highest BCUT2D eigenvalue weighted by molar-refractivity contribution is 7.47. The van der Waals surface area contributed by atoms with Crippen molar-refractivity contribution < 1.29 is 42.1 Å². The number of nitrogens with zero attached hydrogens (tertiary/aromatic N) is 3. The maximum Gasteiger partial charge on any atom is 0.472 e. The van der Waals surface area contributed by atoms with Crippen LogP contribution in [-0.4, -0.2) is 85.0 Å². The molecule has 1 N–H and O–H groups in total. The molecule has 1 aromatic rings. The second-order valence-corrected chi connectivity index (χ2v) is 19.7. The Morgan fingerprint density at radius 2 is 1.05 bits per heavy atom. The number of hydrogen-bond acceptors (Lipinski definition) is 8. The monoisotopic (exact) mass is 843 g/mol. The summed E-state index contributed by atoms with van der Waals surface area (Å²) >= 11 is 0. The molecule has 58 heavy (non-hydrogen) atoms. The number of phosphoric acid groups is 1. The third-order valence-electron chi connectivity index (χ3n) is 10.9. The van der Waals surface area contributed by atoms with E-state index in [1.54, 1.807) is 6.92 Å². The molecule has 2 unspecified atom stereocenters. The molecule has 0 aromatic carbocycles. The Balaban J connectivity index is 2.27. The Hall–Kier alpha value is -1.78. The first-order valence-corrected chi connectivity index (χ1v) is 25.0. The first-order valence-electron chi connectivity index (χ1n) is 23.5. The number of unbranched alkanes of at least 4 members (excludes halogenated alkanes) is 24. The first-order chi connectivity index (χ1) is 27.8. The maximum absolute atomic E-state index is 12.7. The van der Waals surface area contributed by atoms with Crippen LogP contribution in [0.15, 0.2) is 12.4 Å². The number of imidazole rings is 1. The molecule has 12 heteroatoms. The van der Waals surface area contributed by atoms with E-state index in [0.29, 0.717) is 23.9 Å². The van der Waals surface area contributed by atoms with E-state index < -0.39 is 13.2 Å². The Kier molecular flexibility index (Phi) is 31.7.